The van der Waals surface area contributed by atoms with Gasteiger partial charge in [-0.05, 0) is 219 Å². The van der Waals surface area contributed by atoms with Gasteiger partial charge in [-0.2, -0.15) is 0 Å². The minimum Gasteiger partial charge on any atom is -0.456 e. The van der Waals surface area contributed by atoms with Gasteiger partial charge in [0.1, 0.15) is 22.3 Å². The standard InChI is InChI=1S/C92H54O2/c1-3-22-58-48-63(41-39-55(58)19-1)88-71-28-7-9-30-73(71)90(74-31-10-8-29-72(74)88)65-51-83(69-37-17-24-57-21-5-6-26-66(57)69)92-84(52-65)80-50-61(44-46-86(80)94-92)60-43-45-67-62(47-60)25-18-36-68(67)79-54-87-81(70-27-15-16-38-85(70)93-87)53-82(79)91-77-34-13-11-32-75(77)89(76-33-12-14-35-78(76)91)64-42-40-56-20-2-4-23-59(56)49-64/h1-54H. The van der Waals surface area contributed by atoms with Gasteiger partial charge in [0.15, 0.2) is 0 Å². The number of hydrogen-bond acceptors (Lipinski definition) is 2. The molecule has 20 rings (SSSR count). The molecule has 0 aliphatic heterocycles. The molecule has 0 aliphatic rings. The highest BCUT2D eigenvalue weighted by Crippen LogP contribution is 2.52. The van der Waals surface area contributed by atoms with Crippen LogP contribution in [0.2, 0.25) is 0 Å². The summed E-state index contributed by atoms with van der Waals surface area (Å²) >= 11 is 0. The van der Waals surface area contributed by atoms with Crippen molar-refractivity contribution in [1.82, 2.24) is 0 Å². The quantitative estimate of drug-likeness (QED) is 0.149. The zero-order valence-corrected chi connectivity index (χ0v) is 51.0. The lowest BCUT2D eigenvalue weighted by Gasteiger charge is -2.20. The van der Waals surface area contributed by atoms with Crippen LogP contribution in [0.3, 0.4) is 0 Å². The molecule has 0 spiro atoms. The molecule has 2 nitrogen and oxygen atoms in total. The van der Waals surface area contributed by atoms with Crippen LogP contribution >= 0.6 is 0 Å². The molecule has 0 unspecified atom stereocenters. The first-order valence-corrected chi connectivity index (χ1v) is 32.4. The molecule has 0 saturated heterocycles. The maximum absolute atomic E-state index is 7.18. The van der Waals surface area contributed by atoms with Crippen molar-refractivity contribution in [3.8, 4) is 77.9 Å². The van der Waals surface area contributed by atoms with Crippen molar-refractivity contribution in [2.75, 3.05) is 0 Å². The summed E-state index contributed by atoms with van der Waals surface area (Å²) in [5.41, 5.74) is 19.8. The van der Waals surface area contributed by atoms with Crippen molar-refractivity contribution < 1.29 is 8.83 Å². The van der Waals surface area contributed by atoms with Crippen LogP contribution in [-0.2, 0) is 0 Å². The van der Waals surface area contributed by atoms with Gasteiger partial charge in [0.25, 0.3) is 0 Å². The van der Waals surface area contributed by atoms with Gasteiger partial charge in [-0.1, -0.05) is 267 Å². The molecule has 0 radical (unpaired) electrons. The van der Waals surface area contributed by atoms with E-state index >= 15 is 0 Å². The number of rotatable bonds is 7. The highest BCUT2D eigenvalue weighted by atomic mass is 16.3. The Morgan fingerprint density at radius 2 is 0.553 bits per heavy atom. The number of para-hydroxylation sites is 1. The third kappa shape index (κ3) is 8.03. The topological polar surface area (TPSA) is 26.3 Å². The third-order valence-corrected chi connectivity index (χ3v) is 20.2. The number of fused-ring (bicyclic) bond motifs is 14. The zero-order valence-electron chi connectivity index (χ0n) is 51.0. The van der Waals surface area contributed by atoms with Crippen LogP contribution in [0.25, 0.3) is 208 Å². The van der Waals surface area contributed by atoms with Gasteiger partial charge in [-0.3, -0.25) is 0 Å². The van der Waals surface area contributed by atoms with Crippen LogP contribution < -0.4 is 0 Å². The molecular formula is C92H54O2. The number of furan rings is 2. The average Bonchev–Trinajstić information content (AvgIpc) is 1.10. The van der Waals surface area contributed by atoms with Crippen LogP contribution in [-0.4, -0.2) is 0 Å². The summed E-state index contributed by atoms with van der Waals surface area (Å²) in [6.45, 7) is 0. The number of benzene rings is 18. The van der Waals surface area contributed by atoms with E-state index in [4.69, 9.17) is 8.83 Å². The highest BCUT2D eigenvalue weighted by molar-refractivity contribution is 6.26. The summed E-state index contributed by atoms with van der Waals surface area (Å²) in [5.74, 6) is 0. The fraction of sp³-hybridized carbons (Fsp3) is 0. The summed E-state index contributed by atoms with van der Waals surface area (Å²) in [7, 11) is 0. The fourth-order valence-electron chi connectivity index (χ4n) is 15.9. The molecule has 0 atom stereocenters. The summed E-state index contributed by atoms with van der Waals surface area (Å²) < 4.78 is 14.0. The maximum atomic E-state index is 7.18. The molecule has 0 bridgehead atoms. The second-order valence-electron chi connectivity index (χ2n) is 25.3. The minimum absolute atomic E-state index is 0.848. The van der Waals surface area contributed by atoms with E-state index in [1.54, 1.807) is 0 Å². The van der Waals surface area contributed by atoms with E-state index < -0.39 is 0 Å². The molecule has 2 heterocycles. The monoisotopic (exact) mass is 1190 g/mol. The smallest absolute Gasteiger partial charge is 0.143 e. The summed E-state index contributed by atoms with van der Waals surface area (Å²) in [6.07, 6.45) is 0. The Labute approximate surface area is 541 Å². The molecule has 20 aromatic rings. The van der Waals surface area contributed by atoms with Crippen LogP contribution in [0.5, 0.6) is 0 Å². The van der Waals surface area contributed by atoms with Gasteiger partial charge in [-0.25, -0.2) is 0 Å². The molecule has 0 amide bonds. The lowest BCUT2D eigenvalue weighted by Crippen LogP contribution is -1.93. The second-order valence-corrected chi connectivity index (χ2v) is 25.3. The molecule has 94 heavy (non-hydrogen) atoms. The predicted molar refractivity (Wildman–Crippen MR) is 399 cm³/mol. The Bertz CT molecular complexity index is 6490. The van der Waals surface area contributed by atoms with E-state index in [9.17, 15) is 0 Å². The van der Waals surface area contributed by atoms with E-state index in [2.05, 4.69) is 328 Å². The van der Waals surface area contributed by atoms with Gasteiger partial charge in [0.05, 0.1) is 0 Å². The average molecular weight is 1190 g/mol. The van der Waals surface area contributed by atoms with Crippen molar-refractivity contribution in [2.24, 2.45) is 0 Å². The first kappa shape index (κ1) is 52.4. The SMILES string of the molecule is c1ccc2cc(-c3c4ccccc4c(-c4cc(-c5cccc6ccccc56)c5oc6ccc(-c7ccc8c(-c9cc%10oc%11ccccc%11c%10cc9-c9c%10ccccc%10c(-c%10ccc%11ccccc%11c%10)c%10ccccc9%10)cccc8c7)cc6c5c4)c4ccccc34)ccc2c1. The summed E-state index contributed by atoms with van der Waals surface area (Å²) in [4.78, 5) is 0. The Morgan fingerprint density at radius 3 is 1.16 bits per heavy atom. The normalized spacial score (nSPS) is 12.0. The Morgan fingerprint density at radius 1 is 0.149 bits per heavy atom. The second kappa shape index (κ2) is 20.6. The molecule has 434 valence electrons. The third-order valence-electron chi connectivity index (χ3n) is 20.2. The molecule has 0 aliphatic carbocycles. The highest BCUT2D eigenvalue weighted by Gasteiger charge is 2.25. The van der Waals surface area contributed by atoms with Crippen LogP contribution in [0.15, 0.2) is 336 Å². The van der Waals surface area contributed by atoms with Gasteiger partial charge in [-0.15, -0.1) is 0 Å². The van der Waals surface area contributed by atoms with Crippen LogP contribution in [0.1, 0.15) is 0 Å². The van der Waals surface area contributed by atoms with Crippen LogP contribution in [0, 0.1) is 0 Å². The number of hydrogen-bond donors (Lipinski definition) is 0. The van der Waals surface area contributed by atoms with Gasteiger partial charge in [0, 0.05) is 27.1 Å². The molecule has 2 aromatic heterocycles. The van der Waals surface area contributed by atoms with E-state index in [1.807, 2.05) is 0 Å². The van der Waals surface area contributed by atoms with Gasteiger partial charge < -0.3 is 8.83 Å². The van der Waals surface area contributed by atoms with E-state index in [0.29, 0.717) is 0 Å². The van der Waals surface area contributed by atoms with E-state index in [1.165, 1.54) is 109 Å². The molecule has 0 fully saturated rings. The first-order chi connectivity index (χ1) is 46.6. The lowest BCUT2D eigenvalue weighted by molar-refractivity contribution is 0.669. The van der Waals surface area contributed by atoms with Crippen molar-refractivity contribution in [3.63, 3.8) is 0 Å². The molecule has 0 N–H and O–H groups in total. The van der Waals surface area contributed by atoms with Gasteiger partial charge in [0.2, 0.25) is 0 Å². The van der Waals surface area contributed by atoms with Crippen molar-refractivity contribution in [3.05, 3.63) is 328 Å². The fourth-order valence-corrected chi connectivity index (χ4v) is 15.9. The van der Waals surface area contributed by atoms with Crippen molar-refractivity contribution in [2.45, 2.75) is 0 Å². The first-order valence-electron chi connectivity index (χ1n) is 32.4. The molecule has 18 aromatic carbocycles. The van der Waals surface area contributed by atoms with E-state index in [-0.39, 0.29) is 0 Å². The maximum Gasteiger partial charge on any atom is 0.143 e. The Hall–Kier alpha value is -12.4. The van der Waals surface area contributed by atoms with Crippen molar-refractivity contribution in [1.29, 1.82) is 0 Å². The molecule has 2 heteroatoms. The minimum atomic E-state index is 0.848. The van der Waals surface area contributed by atoms with Gasteiger partial charge >= 0.3 is 0 Å². The lowest BCUT2D eigenvalue weighted by atomic mass is 9.82. The van der Waals surface area contributed by atoms with Crippen LogP contribution in [0.4, 0.5) is 0 Å². The summed E-state index contributed by atoms with van der Waals surface area (Å²) in [5, 5.41) is 23.6. The zero-order chi connectivity index (χ0) is 61.5. The predicted octanol–water partition coefficient (Wildman–Crippen LogP) is 26.4. The summed E-state index contributed by atoms with van der Waals surface area (Å²) in [6, 6.07) is 121. The largest absolute Gasteiger partial charge is 0.456 e. The molecular weight excluding hydrogens is 1140 g/mol. The Balaban J connectivity index is 0.781. The van der Waals surface area contributed by atoms with E-state index in [0.717, 1.165) is 99.2 Å². The Kier molecular flexibility index (Phi) is 11.5. The molecule has 0 saturated carbocycles. The van der Waals surface area contributed by atoms with Crippen molar-refractivity contribution >= 4 is 130 Å².